The van der Waals surface area contributed by atoms with Gasteiger partial charge in [0.15, 0.2) is 6.10 Å². The van der Waals surface area contributed by atoms with E-state index in [1.54, 1.807) is 6.92 Å². The van der Waals surface area contributed by atoms with E-state index in [-0.39, 0.29) is 13.0 Å². The lowest BCUT2D eigenvalue weighted by atomic mass is 10.3. The summed E-state index contributed by atoms with van der Waals surface area (Å²) in [7, 11) is 0. The number of rotatable bonds is 5. The second-order valence-corrected chi connectivity index (χ2v) is 2.86. The van der Waals surface area contributed by atoms with Gasteiger partial charge in [0.25, 0.3) is 0 Å². The molecule has 1 N–H and O–H groups in total. The van der Waals surface area contributed by atoms with Crippen LogP contribution in [0.1, 0.15) is 13.3 Å². The highest BCUT2D eigenvalue weighted by molar-refractivity contribution is 4.75. The summed E-state index contributed by atoms with van der Waals surface area (Å²) in [5.74, 6) is 0. The van der Waals surface area contributed by atoms with Crippen molar-refractivity contribution in [3.05, 3.63) is 0 Å². The summed E-state index contributed by atoms with van der Waals surface area (Å²) >= 11 is 0. The van der Waals surface area contributed by atoms with E-state index >= 15 is 0 Å². The van der Waals surface area contributed by atoms with Gasteiger partial charge in [-0.25, -0.2) is 0 Å². The Kier molecular flexibility index (Phi) is 5.50. The van der Waals surface area contributed by atoms with Crippen LogP contribution in [-0.4, -0.2) is 41.9 Å². The van der Waals surface area contributed by atoms with E-state index in [9.17, 15) is 13.2 Å². The Balaban J connectivity index is 3.99. The van der Waals surface area contributed by atoms with Crippen molar-refractivity contribution in [3.63, 3.8) is 0 Å². The van der Waals surface area contributed by atoms with Crippen molar-refractivity contribution in [1.29, 1.82) is 5.26 Å². The summed E-state index contributed by atoms with van der Waals surface area (Å²) in [4.78, 5) is 1.39. The molecule has 3 nitrogen and oxygen atoms in total. The molecule has 0 rings (SSSR count). The van der Waals surface area contributed by atoms with Crippen LogP contribution in [0.3, 0.4) is 0 Å². The predicted molar refractivity (Wildman–Crippen MR) is 44.4 cm³/mol. The molecule has 0 spiro atoms. The average Bonchev–Trinajstić information content (AvgIpc) is 2.10. The Bertz CT molecular complexity index is 200. The average molecular weight is 210 g/mol. The van der Waals surface area contributed by atoms with Crippen molar-refractivity contribution < 1.29 is 18.3 Å². The number of alkyl halides is 3. The van der Waals surface area contributed by atoms with Gasteiger partial charge in [-0.1, -0.05) is 6.92 Å². The molecule has 0 saturated heterocycles. The molecule has 0 heterocycles. The second kappa shape index (κ2) is 5.83. The van der Waals surface area contributed by atoms with Crippen LogP contribution in [0.25, 0.3) is 0 Å². The molecular formula is C8H13F3N2O. The van der Waals surface area contributed by atoms with E-state index in [0.717, 1.165) is 0 Å². The minimum Gasteiger partial charge on any atom is -0.382 e. The summed E-state index contributed by atoms with van der Waals surface area (Å²) in [6, 6.07) is 1.84. The third kappa shape index (κ3) is 5.04. The lowest BCUT2D eigenvalue weighted by molar-refractivity contribution is -0.208. The second-order valence-electron chi connectivity index (χ2n) is 2.86. The van der Waals surface area contributed by atoms with Gasteiger partial charge < -0.3 is 5.11 Å². The van der Waals surface area contributed by atoms with E-state index < -0.39 is 18.8 Å². The van der Waals surface area contributed by atoms with Gasteiger partial charge in [0, 0.05) is 19.5 Å². The van der Waals surface area contributed by atoms with E-state index in [1.165, 1.54) is 4.90 Å². The van der Waals surface area contributed by atoms with Gasteiger partial charge in [0.1, 0.15) is 0 Å². The van der Waals surface area contributed by atoms with Crippen LogP contribution < -0.4 is 0 Å². The van der Waals surface area contributed by atoms with Gasteiger partial charge >= 0.3 is 6.18 Å². The summed E-state index contributed by atoms with van der Waals surface area (Å²) in [5, 5.41) is 17.0. The smallest absolute Gasteiger partial charge is 0.382 e. The minimum absolute atomic E-state index is 0.165. The number of aliphatic hydroxyl groups is 1. The van der Waals surface area contributed by atoms with E-state index in [4.69, 9.17) is 10.4 Å². The van der Waals surface area contributed by atoms with Gasteiger partial charge in [-0.15, -0.1) is 0 Å². The molecule has 0 aliphatic heterocycles. The van der Waals surface area contributed by atoms with Crippen molar-refractivity contribution in [1.82, 2.24) is 4.90 Å². The first-order chi connectivity index (χ1) is 6.41. The normalized spacial score (nSPS) is 14.1. The van der Waals surface area contributed by atoms with Crippen molar-refractivity contribution >= 4 is 0 Å². The van der Waals surface area contributed by atoms with Crippen LogP contribution in [0.2, 0.25) is 0 Å². The molecule has 0 radical (unpaired) electrons. The number of hydrogen-bond acceptors (Lipinski definition) is 3. The lowest BCUT2D eigenvalue weighted by Crippen LogP contribution is -2.41. The molecule has 0 saturated carbocycles. The number of nitrogens with zero attached hydrogens (tertiary/aromatic N) is 2. The Labute approximate surface area is 80.7 Å². The zero-order chi connectivity index (χ0) is 11.2. The Morgan fingerprint density at radius 1 is 1.50 bits per heavy atom. The zero-order valence-corrected chi connectivity index (χ0v) is 7.88. The molecule has 0 bridgehead atoms. The fraction of sp³-hybridized carbons (Fsp3) is 0.875. The number of hydrogen-bond donors (Lipinski definition) is 1. The number of nitriles is 1. The zero-order valence-electron chi connectivity index (χ0n) is 7.88. The Morgan fingerprint density at radius 3 is 2.43 bits per heavy atom. The van der Waals surface area contributed by atoms with E-state index in [1.807, 2.05) is 6.07 Å². The maximum atomic E-state index is 11.9. The molecular weight excluding hydrogens is 197 g/mol. The van der Waals surface area contributed by atoms with Crippen LogP contribution in [0.5, 0.6) is 0 Å². The predicted octanol–water partition coefficient (Wildman–Crippen LogP) is 1.15. The van der Waals surface area contributed by atoms with Crippen molar-refractivity contribution in [2.45, 2.75) is 25.6 Å². The molecule has 0 aromatic rings. The third-order valence-corrected chi connectivity index (χ3v) is 1.80. The first-order valence-corrected chi connectivity index (χ1v) is 4.26. The third-order valence-electron chi connectivity index (χ3n) is 1.80. The Morgan fingerprint density at radius 2 is 2.07 bits per heavy atom. The van der Waals surface area contributed by atoms with Gasteiger partial charge in [-0.2, -0.15) is 18.4 Å². The van der Waals surface area contributed by atoms with Gasteiger partial charge in [0.05, 0.1) is 6.07 Å². The largest absolute Gasteiger partial charge is 0.415 e. The number of likely N-dealkylation sites (N-methyl/N-ethyl adjacent to an activating group) is 1. The molecule has 0 amide bonds. The molecule has 6 heteroatoms. The van der Waals surface area contributed by atoms with Crippen LogP contribution in [0.4, 0.5) is 13.2 Å². The number of aliphatic hydroxyl groups excluding tert-OH is 1. The minimum atomic E-state index is -4.58. The van der Waals surface area contributed by atoms with Crippen molar-refractivity contribution in [2.75, 3.05) is 19.6 Å². The summed E-state index contributed by atoms with van der Waals surface area (Å²) < 4.78 is 35.8. The highest BCUT2D eigenvalue weighted by Crippen LogP contribution is 2.20. The molecule has 0 aliphatic rings. The fourth-order valence-corrected chi connectivity index (χ4v) is 0.935. The first kappa shape index (κ1) is 13.2. The van der Waals surface area contributed by atoms with Gasteiger partial charge in [0.2, 0.25) is 0 Å². The number of halogens is 3. The van der Waals surface area contributed by atoms with Crippen LogP contribution >= 0.6 is 0 Å². The Hall–Kier alpha value is -0.800. The standard InChI is InChI=1S/C8H13F3N2O/c1-2-13(5-3-4-12)6-7(14)8(9,10)11/h7,14H,2-3,5-6H2,1H3. The monoisotopic (exact) mass is 210 g/mol. The molecule has 0 fully saturated rings. The van der Waals surface area contributed by atoms with Gasteiger partial charge in [-0.3, -0.25) is 4.90 Å². The molecule has 1 atom stereocenters. The SMILES string of the molecule is CCN(CCC#N)CC(O)C(F)(F)F. The topological polar surface area (TPSA) is 47.3 Å². The van der Waals surface area contributed by atoms with Crippen molar-refractivity contribution in [2.24, 2.45) is 0 Å². The molecule has 0 aliphatic carbocycles. The van der Waals surface area contributed by atoms with E-state index in [0.29, 0.717) is 6.54 Å². The molecule has 82 valence electrons. The maximum Gasteiger partial charge on any atom is 0.415 e. The first-order valence-electron chi connectivity index (χ1n) is 4.26. The fourth-order valence-electron chi connectivity index (χ4n) is 0.935. The molecule has 0 aromatic heterocycles. The maximum absolute atomic E-state index is 11.9. The highest BCUT2D eigenvalue weighted by atomic mass is 19.4. The van der Waals surface area contributed by atoms with Crippen LogP contribution in [-0.2, 0) is 0 Å². The quantitative estimate of drug-likeness (QED) is 0.740. The summed E-state index contributed by atoms with van der Waals surface area (Å²) in [6.45, 7) is 1.84. The summed E-state index contributed by atoms with van der Waals surface area (Å²) in [6.07, 6.45) is -6.75. The molecule has 0 aromatic carbocycles. The molecule has 14 heavy (non-hydrogen) atoms. The van der Waals surface area contributed by atoms with Gasteiger partial charge in [-0.05, 0) is 6.54 Å². The van der Waals surface area contributed by atoms with E-state index in [2.05, 4.69) is 0 Å². The lowest BCUT2D eigenvalue weighted by Gasteiger charge is -2.23. The van der Waals surface area contributed by atoms with Crippen LogP contribution in [0, 0.1) is 11.3 Å². The summed E-state index contributed by atoms with van der Waals surface area (Å²) in [5.41, 5.74) is 0. The highest BCUT2D eigenvalue weighted by Gasteiger charge is 2.38. The van der Waals surface area contributed by atoms with Crippen molar-refractivity contribution in [3.8, 4) is 6.07 Å². The molecule has 1 unspecified atom stereocenters. The van der Waals surface area contributed by atoms with Crippen LogP contribution in [0.15, 0.2) is 0 Å².